The number of halogens is 1. The predicted molar refractivity (Wildman–Crippen MR) is 114 cm³/mol. The summed E-state index contributed by atoms with van der Waals surface area (Å²) in [4.78, 5) is 14.9. The minimum atomic E-state index is 0.0579. The van der Waals surface area contributed by atoms with E-state index in [-0.39, 0.29) is 11.8 Å². The Labute approximate surface area is 172 Å². The lowest BCUT2D eigenvalue weighted by atomic mass is 9.96. The molecule has 1 fully saturated rings. The maximum atomic E-state index is 12.6. The smallest absolute Gasteiger partial charge is 0.224 e. The van der Waals surface area contributed by atoms with Crippen molar-refractivity contribution in [1.29, 1.82) is 0 Å². The zero-order valence-corrected chi connectivity index (χ0v) is 17.3. The number of carbonyl (C=O) groups excluding carboxylic acids is 1. The highest BCUT2D eigenvalue weighted by Gasteiger charge is 2.25. The molecule has 2 aromatic carbocycles. The lowest BCUT2D eigenvalue weighted by molar-refractivity contribution is -0.126. The molecule has 0 aliphatic carbocycles. The number of hydrogen-bond donors (Lipinski definition) is 1. The van der Waals surface area contributed by atoms with Gasteiger partial charge in [0.1, 0.15) is 5.75 Å². The number of nitrogens with one attached hydrogen (secondary N) is 1. The second kappa shape index (κ2) is 10.5. The van der Waals surface area contributed by atoms with Gasteiger partial charge >= 0.3 is 0 Å². The van der Waals surface area contributed by atoms with E-state index in [1.807, 2.05) is 36.4 Å². The zero-order chi connectivity index (χ0) is 19.8. The molecule has 5 heteroatoms. The quantitative estimate of drug-likeness (QED) is 0.671. The van der Waals surface area contributed by atoms with Crippen LogP contribution < -0.4 is 10.1 Å². The third-order valence-corrected chi connectivity index (χ3v) is 5.71. The van der Waals surface area contributed by atoms with Crippen LogP contribution in [0.2, 0.25) is 5.02 Å². The van der Waals surface area contributed by atoms with Gasteiger partial charge in [0, 0.05) is 24.7 Å². The minimum Gasteiger partial charge on any atom is -0.496 e. The van der Waals surface area contributed by atoms with Crippen molar-refractivity contribution in [2.75, 3.05) is 26.7 Å². The van der Waals surface area contributed by atoms with Crippen LogP contribution in [0.3, 0.4) is 0 Å². The summed E-state index contributed by atoms with van der Waals surface area (Å²) >= 11 is 6.28. The van der Waals surface area contributed by atoms with Gasteiger partial charge in [0.05, 0.1) is 13.0 Å². The number of para-hydroxylation sites is 1. The van der Waals surface area contributed by atoms with Crippen LogP contribution in [0.1, 0.15) is 30.4 Å². The second-order valence-electron chi connectivity index (χ2n) is 7.37. The van der Waals surface area contributed by atoms with Crippen LogP contribution in [0.5, 0.6) is 5.75 Å². The van der Waals surface area contributed by atoms with Crippen molar-refractivity contribution in [3.05, 3.63) is 64.7 Å². The van der Waals surface area contributed by atoms with Crippen molar-refractivity contribution in [3.8, 4) is 5.75 Å². The molecule has 1 heterocycles. The number of likely N-dealkylation sites (tertiary alicyclic amines) is 1. The number of rotatable bonds is 8. The second-order valence-corrected chi connectivity index (χ2v) is 7.78. The van der Waals surface area contributed by atoms with Gasteiger partial charge in [-0.3, -0.25) is 9.69 Å². The first-order chi connectivity index (χ1) is 13.7. The van der Waals surface area contributed by atoms with E-state index in [4.69, 9.17) is 16.3 Å². The van der Waals surface area contributed by atoms with Gasteiger partial charge in [-0.2, -0.15) is 0 Å². The molecular weight excluding hydrogens is 372 g/mol. The molecule has 0 unspecified atom stereocenters. The van der Waals surface area contributed by atoms with Crippen LogP contribution in [-0.2, 0) is 17.8 Å². The molecule has 3 rings (SSSR count). The van der Waals surface area contributed by atoms with E-state index in [1.54, 1.807) is 7.11 Å². The Balaban J connectivity index is 1.43. The van der Waals surface area contributed by atoms with Gasteiger partial charge in [0.2, 0.25) is 5.91 Å². The van der Waals surface area contributed by atoms with Gasteiger partial charge in [0.25, 0.3) is 0 Å². The highest BCUT2D eigenvalue weighted by atomic mass is 35.5. The Morgan fingerprint density at radius 2 is 1.93 bits per heavy atom. The van der Waals surface area contributed by atoms with E-state index in [1.165, 1.54) is 5.56 Å². The van der Waals surface area contributed by atoms with E-state index < -0.39 is 0 Å². The van der Waals surface area contributed by atoms with E-state index >= 15 is 0 Å². The number of carbonyl (C=O) groups is 1. The van der Waals surface area contributed by atoms with Crippen molar-refractivity contribution < 1.29 is 9.53 Å². The van der Waals surface area contributed by atoms with Gasteiger partial charge in [0.15, 0.2) is 0 Å². The molecule has 28 heavy (non-hydrogen) atoms. The first-order valence-electron chi connectivity index (χ1n) is 10.0. The Kier molecular flexibility index (Phi) is 7.75. The molecule has 0 radical (unpaired) electrons. The molecule has 2 aromatic rings. The molecule has 1 aliphatic rings. The fraction of sp³-hybridized carbons (Fsp3) is 0.435. The number of benzene rings is 2. The molecule has 1 N–H and O–H groups in total. The van der Waals surface area contributed by atoms with Gasteiger partial charge in [-0.15, -0.1) is 0 Å². The average molecular weight is 401 g/mol. The number of methoxy groups -OCH3 is 1. The number of nitrogens with zero attached hydrogens (tertiary/aromatic N) is 1. The van der Waals surface area contributed by atoms with Gasteiger partial charge in [-0.1, -0.05) is 48.0 Å². The van der Waals surface area contributed by atoms with Crippen molar-refractivity contribution >= 4 is 17.5 Å². The maximum absolute atomic E-state index is 12.6. The molecule has 0 saturated carbocycles. The summed E-state index contributed by atoms with van der Waals surface area (Å²) in [6, 6.07) is 16.0. The Bertz CT molecular complexity index is 781. The van der Waals surface area contributed by atoms with Crippen LogP contribution in [-0.4, -0.2) is 37.6 Å². The maximum Gasteiger partial charge on any atom is 0.224 e. The topological polar surface area (TPSA) is 41.6 Å². The van der Waals surface area contributed by atoms with Crippen LogP contribution in [0.4, 0.5) is 0 Å². The highest BCUT2D eigenvalue weighted by Crippen LogP contribution is 2.22. The normalized spacial score (nSPS) is 17.3. The third kappa shape index (κ3) is 5.73. The highest BCUT2D eigenvalue weighted by molar-refractivity contribution is 6.31. The number of hydrogen-bond acceptors (Lipinski definition) is 3. The Morgan fingerprint density at radius 3 is 2.71 bits per heavy atom. The lowest BCUT2D eigenvalue weighted by Gasteiger charge is -2.32. The fourth-order valence-electron chi connectivity index (χ4n) is 3.82. The van der Waals surface area contributed by atoms with Crippen LogP contribution in [0, 0.1) is 5.92 Å². The molecule has 4 nitrogen and oxygen atoms in total. The molecule has 0 aromatic heterocycles. The standard InChI is InChI=1S/C23H29ClN2O2/c1-28-22-13-5-3-8-18(22)10-6-14-25-23(27)20-11-7-15-26(17-20)16-19-9-2-4-12-21(19)24/h2-5,8-9,12-13,20H,6-7,10-11,14-17H2,1H3,(H,25,27)/t20-/m0/s1. The first-order valence-corrected chi connectivity index (χ1v) is 10.4. The van der Waals surface area contributed by atoms with Gasteiger partial charge in [-0.05, 0) is 55.5 Å². The van der Waals surface area contributed by atoms with Crippen LogP contribution >= 0.6 is 11.6 Å². The lowest BCUT2D eigenvalue weighted by Crippen LogP contribution is -2.43. The fourth-order valence-corrected chi connectivity index (χ4v) is 4.02. The molecular formula is C23H29ClN2O2. The van der Waals surface area contributed by atoms with Crippen molar-refractivity contribution in [1.82, 2.24) is 10.2 Å². The van der Waals surface area contributed by atoms with E-state index in [2.05, 4.69) is 22.3 Å². The van der Waals surface area contributed by atoms with Gasteiger partial charge in [-0.25, -0.2) is 0 Å². The number of amides is 1. The van der Waals surface area contributed by atoms with Crippen LogP contribution in [0.15, 0.2) is 48.5 Å². The summed E-state index contributed by atoms with van der Waals surface area (Å²) in [5.74, 6) is 1.14. The van der Waals surface area contributed by atoms with Crippen LogP contribution in [0.25, 0.3) is 0 Å². The molecule has 0 spiro atoms. The summed E-state index contributed by atoms with van der Waals surface area (Å²) in [6.45, 7) is 3.31. The molecule has 150 valence electrons. The molecule has 1 atom stereocenters. The van der Waals surface area contributed by atoms with Crippen molar-refractivity contribution in [3.63, 3.8) is 0 Å². The first kappa shape index (κ1) is 20.7. The predicted octanol–water partition coefficient (Wildman–Crippen LogP) is 4.31. The van der Waals surface area contributed by atoms with E-state index in [0.717, 1.165) is 61.7 Å². The average Bonchev–Trinajstić information content (AvgIpc) is 2.73. The van der Waals surface area contributed by atoms with Crippen molar-refractivity contribution in [2.45, 2.75) is 32.2 Å². The zero-order valence-electron chi connectivity index (χ0n) is 16.5. The Hall–Kier alpha value is -2.04. The number of ether oxygens (including phenoxy) is 1. The summed E-state index contributed by atoms with van der Waals surface area (Å²) < 4.78 is 5.39. The molecule has 1 saturated heterocycles. The van der Waals surface area contributed by atoms with E-state index in [0.29, 0.717) is 6.54 Å². The SMILES string of the molecule is COc1ccccc1CCCNC(=O)[C@H]1CCCN(Cc2ccccc2Cl)C1. The number of aryl methyl sites for hydroxylation is 1. The Morgan fingerprint density at radius 1 is 1.18 bits per heavy atom. The third-order valence-electron chi connectivity index (χ3n) is 5.34. The monoisotopic (exact) mass is 400 g/mol. The number of piperidine rings is 1. The minimum absolute atomic E-state index is 0.0579. The summed E-state index contributed by atoms with van der Waals surface area (Å²) in [7, 11) is 1.69. The molecule has 0 bridgehead atoms. The van der Waals surface area contributed by atoms with Crippen molar-refractivity contribution in [2.24, 2.45) is 5.92 Å². The van der Waals surface area contributed by atoms with E-state index in [9.17, 15) is 4.79 Å². The largest absolute Gasteiger partial charge is 0.496 e. The summed E-state index contributed by atoms with van der Waals surface area (Å²) in [5.41, 5.74) is 2.31. The molecule has 1 aliphatic heterocycles. The summed E-state index contributed by atoms with van der Waals surface area (Å²) in [6.07, 6.45) is 3.80. The van der Waals surface area contributed by atoms with Gasteiger partial charge < -0.3 is 10.1 Å². The summed E-state index contributed by atoms with van der Waals surface area (Å²) in [5, 5.41) is 3.92. The molecule has 1 amide bonds.